The maximum Gasteiger partial charge on any atom is 0.240 e. The predicted octanol–water partition coefficient (Wildman–Crippen LogP) is 4.40. The summed E-state index contributed by atoms with van der Waals surface area (Å²) in [5.74, 6) is 0.0308. The van der Waals surface area contributed by atoms with Gasteiger partial charge in [-0.1, -0.05) is 57.9 Å². The van der Waals surface area contributed by atoms with Crippen LogP contribution in [0.1, 0.15) is 23.5 Å². The number of benzene rings is 2. The first-order valence-electron chi connectivity index (χ1n) is 7.35. The molecule has 0 bridgehead atoms. The number of halogens is 1. The lowest BCUT2D eigenvalue weighted by Gasteiger charge is -2.18. The lowest BCUT2D eigenvalue weighted by Crippen LogP contribution is -2.28. The smallest absolute Gasteiger partial charge is 0.211 e. The highest BCUT2D eigenvalue weighted by atomic mass is 79.9. The Hall–Kier alpha value is -1.43. The maximum absolute atomic E-state index is 12.4. The summed E-state index contributed by atoms with van der Waals surface area (Å²) in [6, 6.07) is 14.7. The molecule has 0 unspecified atom stereocenters. The van der Waals surface area contributed by atoms with E-state index in [-0.39, 0.29) is 10.8 Å². The van der Waals surface area contributed by atoms with E-state index < -0.39 is 10.0 Å². The van der Waals surface area contributed by atoms with Gasteiger partial charge in [0.15, 0.2) is 0 Å². The van der Waals surface area contributed by atoms with Gasteiger partial charge in [0.25, 0.3) is 0 Å². The molecule has 1 atom stereocenters. The van der Waals surface area contributed by atoms with Gasteiger partial charge in [-0.3, -0.25) is 0 Å². The van der Waals surface area contributed by atoms with Gasteiger partial charge in [0, 0.05) is 16.9 Å². The Morgan fingerprint density at radius 2 is 1.83 bits per heavy atom. The molecule has 0 radical (unpaired) electrons. The highest BCUT2D eigenvalue weighted by Gasteiger charge is 2.18. The van der Waals surface area contributed by atoms with Crippen molar-refractivity contribution in [3.63, 3.8) is 0 Å². The fourth-order valence-electron chi connectivity index (χ4n) is 2.34. The topological polar surface area (TPSA) is 46.2 Å². The Labute approximate surface area is 146 Å². The van der Waals surface area contributed by atoms with E-state index in [1.807, 2.05) is 37.3 Å². The highest BCUT2D eigenvalue weighted by Crippen LogP contribution is 2.27. The van der Waals surface area contributed by atoms with Crippen LogP contribution in [0.15, 0.2) is 70.6 Å². The second-order valence-corrected chi connectivity index (χ2v) is 8.03. The number of allylic oxidation sites excluding steroid dienone is 1. The molecule has 0 aromatic heterocycles. The molecule has 2 aromatic rings. The zero-order chi connectivity index (χ0) is 16.9. The van der Waals surface area contributed by atoms with Gasteiger partial charge in [-0.2, -0.15) is 0 Å². The Kier molecular flexibility index (Phi) is 6.16. The van der Waals surface area contributed by atoms with Crippen LogP contribution in [0.3, 0.4) is 0 Å². The van der Waals surface area contributed by atoms with E-state index in [9.17, 15) is 8.42 Å². The van der Waals surface area contributed by atoms with Gasteiger partial charge in [0.2, 0.25) is 10.0 Å². The monoisotopic (exact) mass is 393 g/mol. The quantitative estimate of drug-likeness (QED) is 0.708. The van der Waals surface area contributed by atoms with Gasteiger partial charge in [-0.05, 0) is 37.1 Å². The summed E-state index contributed by atoms with van der Waals surface area (Å²) in [5.41, 5.74) is 2.10. The van der Waals surface area contributed by atoms with Gasteiger partial charge in [-0.25, -0.2) is 13.1 Å². The lowest BCUT2D eigenvalue weighted by atomic mass is 9.96. The van der Waals surface area contributed by atoms with Crippen molar-refractivity contribution in [1.82, 2.24) is 4.72 Å². The first-order valence-corrected chi connectivity index (χ1v) is 9.63. The normalized spacial score (nSPS) is 12.8. The van der Waals surface area contributed by atoms with Crippen LogP contribution in [-0.2, 0) is 10.0 Å². The molecular weight excluding hydrogens is 374 g/mol. The third-order valence-corrected chi connectivity index (χ3v) is 5.81. The Bertz CT molecular complexity index is 770. The number of sulfonamides is 1. The molecule has 2 rings (SSSR count). The molecule has 0 aliphatic rings. The number of aryl methyl sites for hydroxylation is 1. The molecule has 0 spiro atoms. The summed E-state index contributed by atoms with van der Waals surface area (Å²) in [4.78, 5) is 0.285. The molecule has 0 amide bonds. The number of hydrogen-bond acceptors (Lipinski definition) is 2. The first-order chi connectivity index (χ1) is 10.9. The fraction of sp³-hybridized carbons (Fsp3) is 0.222. The van der Waals surface area contributed by atoms with Crippen LogP contribution in [0.25, 0.3) is 0 Å². The second kappa shape index (κ2) is 7.90. The van der Waals surface area contributed by atoms with Crippen molar-refractivity contribution in [2.75, 3.05) is 6.54 Å². The first kappa shape index (κ1) is 17.9. The van der Waals surface area contributed by atoms with Gasteiger partial charge < -0.3 is 0 Å². The molecule has 0 saturated heterocycles. The van der Waals surface area contributed by atoms with E-state index in [0.29, 0.717) is 13.0 Å². The van der Waals surface area contributed by atoms with Crippen molar-refractivity contribution in [1.29, 1.82) is 0 Å². The summed E-state index contributed by atoms with van der Waals surface area (Å²) in [6.07, 6.45) is 2.50. The summed E-state index contributed by atoms with van der Waals surface area (Å²) in [5, 5.41) is 0. The van der Waals surface area contributed by atoms with Crippen molar-refractivity contribution in [2.45, 2.75) is 24.2 Å². The third-order valence-electron chi connectivity index (χ3n) is 3.65. The molecule has 23 heavy (non-hydrogen) atoms. The van der Waals surface area contributed by atoms with E-state index in [4.69, 9.17) is 0 Å². The van der Waals surface area contributed by atoms with Crippen LogP contribution in [0.5, 0.6) is 0 Å². The molecule has 122 valence electrons. The molecule has 0 aliphatic carbocycles. The van der Waals surface area contributed by atoms with E-state index in [2.05, 4.69) is 27.2 Å². The van der Waals surface area contributed by atoms with Crippen molar-refractivity contribution >= 4 is 26.0 Å². The van der Waals surface area contributed by atoms with Crippen molar-refractivity contribution in [2.24, 2.45) is 0 Å². The summed E-state index contributed by atoms with van der Waals surface area (Å²) >= 11 is 3.53. The van der Waals surface area contributed by atoms with E-state index in [1.165, 1.54) is 0 Å². The van der Waals surface area contributed by atoms with Crippen LogP contribution < -0.4 is 4.72 Å². The largest absolute Gasteiger partial charge is 0.240 e. The van der Waals surface area contributed by atoms with Crippen molar-refractivity contribution < 1.29 is 8.42 Å². The van der Waals surface area contributed by atoms with E-state index in [0.717, 1.165) is 15.6 Å². The molecule has 0 fully saturated rings. The highest BCUT2D eigenvalue weighted by molar-refractivity contribution is 9.10. The summed E-state index contributed by atoms with van der Waals surface area (Å²) in [6.45, 7) is 6.03. The van der Waals surface area contributed by atoms with Crippen LogP contribution in [0.4, 0.5) is 0 Å². The molecular formula is C18H20BrNO2S. The average molecular weight is 394 g/mol. The minimum atomic E-state index is -3.51. The number of hydrogen-bond donors (Lipinski definition) is 1. The zero-order valence-corrected chi connectivity index (χ0v) is 15.4. The van der Waals surface area contributed by atoms with Crippen molar-refractivity contribution in [3.05, 3.63) is 76.8 Å². The standard InChI is InChI=1S/C18H20BrNO2S/c1-3-6-15(17-7-4-5-8-18(17)19)13-20-23(21,22)16-11-9-14(2)10-12-16/h3-5,7-12,15,20H,1,6,13H2,2H3/t15-/m0/s1. The number of nitrogens with one attached hydrogen (secondary N) is 1. The third kappa shape index (κ3) is 4.77. The van der Waals surface area contributed by atoms with Crippen LogP contribution in [0, 0.1) is 6.92 Å². The van der Waals surface area contributed by atoms with Crippen LogP contribution in [-0.4, -0.2) is 15.0 Å². The van der Waals surface area contributed by atoms with Gasteiger partial charge >= 0.3 is 0 Å². The Morgan fingerprint density at radius 3 is 2.43 bits per heavy atom. The molecule has 3 nitrogen and oxygen atoms in total. The van der Waals surface area contributed by atoms with Gasteiger partial charge in [0.1, 0.15) is 0 Å². The second-order valence-electron chi connectivity index (χ2n) is 5.41. The minimum Gasteiger partial charge on any atom is -0.211 e. The molecule has 0 aliphatic heterocycles. The van der Waals surface area contributed by atoms with Crippen LogP contribution >= 0.6 is 15.9 Å². The fourth-order valence-corrected chi connectivity index (χ4v) is 4.03. The zero-order valence-electron chi connectivity index (χ0n) is 13.0. The van der Waals surface area contributed by atoms with Crippen molar-refractivity contribution in [3.8, 4) is 0 Å². The summed E-state index contributed by atoms with van der Waals surface area (Å²) < 4.78 is 28.5. The molecule has 2 aromatic carbocycles. The average Bonchev–Trinajstić information content (AvgIpc) is 2.53. The van der Waals surface area contributed by atoms with Gasteiger partial charge in [-0.15, -0.1) is 6.58 Å². The maximum atomic E-state index is 12.4. The summed E-state index contributed by atoms with van der Waals surface area (Å²) in [7, 11) is -3.51. The molecule has 0 heterocycles. The van der Waals surface area contributed by atoms with Gasteiger partial charge in [0.05, 0.1) is 4.90 Å². The minimum absolute atomic E-state index is 0.0308. The van der Waals surface area contributed by atoms with Crippen LogP contribution in [0.2, 0.25) is 0 Å². The van der Waals surface area contributed by atoms with E-state index >= 15 is 0 Å². The molecule has 1 N–H and O–H groups in total. The SMILES string of the molecule is C=CC[C@@H](CNS(=O)(=O)c1ccc(C)cc1)c1ccccc1Br. The predicted molar refractivity (Wildman–Crippen MR) is 98.1 cm³/mol. The Morgan fingerprint density at radius 1 is 1.17 bits per heavy atom. The number of rotatable bonds is 7. The van der Waals surface area contributed by atoms with E-state index in [1.54, 1.807) is 24.3 Å². The molecule has 0 saturated carbocycles. The Balaban J connectivity index is 2.17. The molecule has 5 heteroatoms. The lowest BCUT2D eigenvalue weighted by molar-refractivity contribution is 0.570.